The Kier molecular flexibility index (Phi) is 4.17. The van der Waals surface area contributed by atoms with Gasteiger partial charge in [0.25, 0.3) is 0 Å². The van der Waals surface area contributed by atoms with Crippen LogP contribution in [0.1, 0.15) is 11.1 Å². The third-order valence-electron chi connectivity index (χ3n) is 4.35. The quantitative estimate of drug-likeness (QED) is 0.775. The molecule has 124 valence electrons. The monoisotopic (exact) mass is 329 g/mol. The lowest BCUT2D eigenvalue weighted by Crippen LogP contribution is -2.06. The van der Waals surface area contributed by atoms with Crippen molar-refractivity contribution < 1.29 is 4.74 Å². The molecule has 4 nitrogen and oxygen atoms in total. The highest BCUT2D eigenvalue weighted by molar-refractivity contribution is 6.03. The molecule has 3 aromatic rings. The number of anilines is 1. The van der Waals surface area contributed by atoms with Crippen LogP contribution < -0.4 is 10.1 Å². The van der Waals surface area contributed by atoms with Crippen LogP contribution in [-0.2, 0) is 13.0 Å². The van der Waals surface area contributed by atoms with Gasteiger partial charge in [-0.3, -0.25) is 9.98 Å². The van der Waals surface area contributed by atoms with Gasteiger partial charge in [0.2, 0.25) is 0 Å². The van der Waals surface area contributed by atoms with Gasteiger partial charge in [0, 0.05) is 24.5 Å². The minimum atomic E-state index is 0.644. The summed E-state index contributed by atoms with van der Waals surface area (Å²) in [5, 5.41) is 3.45. The number of hydrogen-bond donors (Lipinski definition) is 1. The van der Waals surface area contributed by atoms with E-state index in [0.717, 1.165) is 29.3 Å². The van der Waals surface area contributed by atoms with E-state index >= 15 is 0 Å². The Morgan fingerprint density at radius 3 is 2.76 bits per heavy atom. The zero-order valence-corrected chi connectivity index (χ0v) is 14.1. The van der Waals surface area contributed by atoms with Gasteiger partial charge in [-0.05, 0) is 52.6 Å². The number of aromatic nitrogens is 1. The van der Waals surface area contributed by atoms with Crippen molar-refractivity contribution in [3.05, 3.63) is 78.1 Å². The summed E-state index contributed by atoms with van der Waals surface area (Å²) < 4.78 is 5.26. The van der Waals surface area contributed by atoms with Crippen molar-refractivity contribution in [1.82, 2.24) is 4.98 Å². The normalized spacial score (nSPS) is 14.2. The fraction of sp³-hybridized carbons (Fsp3) is 0.143. The predicted molar refractivity (Wildman–Crippen MR) is 101 cm³/mol. The third kappa shape index (κ3) is 3.38. The molecule has 0 saturated heterocycles. The van der Waals surface area contributed by atoms with E-state index in [2.05, 4.69) is 34.6 Å². The molecule has 2 heterocycles. The number of nitrogens with one attached hydrogen (secondary N) is 1. The van der Waals surface area contributed by atoms with Crippen molar-refractivity contribution in [2.75, 3.05) is 12.4 Å². The summed E-state index contributed by atoms with van der Waals surface area (Å²) in [6.07, 6.45) is 4.48. The molecule has 0 saturated carbocycles. The molecule has 0 fully saturated rings. The molecule has 0 unspecified atom stereocenters. The molecule has 0 spiro atoms. The van der Waals surface area contributed by atoms with Crippen LogP contribution in [0, 0.1) is 0 Å². The lowest BCUT2D eigenvalue weighted by molar-refractivity contribution is 0.414. The minimum Gasteiger partial charge on any atom is -0.497 e. The van der Waals surface area contributed by atoms with Crippen LogP contribution in [0.3, 0.4) is 0 Å². The van der Waals surface area contributed by atoms with E-state index in [4.69, 9.17) is 9.73 Å². The van der Waals surface area contributed by atoms with E-state index in [1.807, 2.05) is 42.7 Å². The van der Waals surface area contributed by atoms with Crippen LogP contribution in [0.4, 0.5) is 5.69 Å². The average molecular weight is 329 g/mol. The fourth-order valence-electron chi connectivity index (χ4n) is 3.00. The van der Waals surface area contributed by atoms with Crippen molar-refractivity contribution in [3.8, 4) is 16.9 Å². The Bertz CT molecular complexity index is 919. The molecule has 0 aliphatic carbocycles. The number of fused-ring (bicyclic) bond motifs is 1. The third-order valence-corrected chi connectivity index (χ3v) is 4.35. The summed E-state index contributed by atoms with van der Waals surface area (Å²) in [6, 6.07) is 18.6. The van der Waals surface area contributed by atoms with Crippen molar-refractivity contribution >= 4 is 11.5 Å². The van der Waals surface area contributed by atoms with Gasteiger partial charge in [0.15, 0.2) is 0 Å². The first-order valence-corrected chi connectivity index (χ1v) is 8.28. The second kappa shape index (κ2) is 6.77. The summed E-state index contributed by atoms with van der Waals surface area (Å²) in [6.45, 7) is 0.644. The van der Waals surface area contributed by atoms with E-state index in [-0.39, 0.29) is 0 Å². The SMILES string of the molecule is COc1cccc(CN=C2Cc3ccc(-c4ccncc4)cc3N2)c1. The van der Waals surface area contributed by atoms with Crippen molar-refractivity contribution in [3.63, 3.8) is 0 Å². The topological polar surface area (TPSA) is 46.5 Å². The lowest BCUT2D eigenvalue weighted by atomic mass is 10.0. The Balaban J connectivity index is 1.51. The number of amidine groups is 1. The van der Waals surface area contributed by atoms with Gasteiger partial charge in [0.1, 0.15) is 11.6 Å². The Hall–Kier alpha value is -3.14. The zero-order chi connectivity index (χ0) is 17.1. The summed E-state index contributed by atoms with van der Waals surface area (Å²) in [5.74, 6) is 1.87. The number of rotatable bonds is 4. The van der Waals surface area contributed by atoms with Gasteiger partial charge in [-0.15, -0.1) is 0 Å². The molecular formula is C21H19N3O. The number of aliphatic imine (C=N–C) groups is 1. The first-order chi connectivity index (χ1) is 12.3. The standard InChI is InChI=1S/C21H19N3O/c1-25-19-4-2-3-15(11-19)14-23-21-13-18-6-5-17(12-20(18)24-21)16-7-9-22-10-8-16/h2-12H,13-14H2,1H3,(H,23,24). The smallest absolute Gasteiger partial charge is 0.119 e. The van der Waals surface area contributed by atoms with Gasteiger partial charge >= 0.3 is 0 Å². The number of hydrogen-bond acceptors (Lipinski definition) is 3. The highest BCUT2D eigenvalue weighted by Gasteiger charge is 2.16. The highest BCUT2D eigenvalue weighted by Crippen LogP contribution is 2.29. The molecule has 1 N–H and O–H groups in total. The number of pyridine rings is 1. The molecular weight excluding hydrogens is 310 g/mol. The van der Waals surface area contributed by atoms with E-state index in [0.29, 0.717) is 6.54 Å². The summed E-state index contributed by atoms with van der Waals surface area (Å²) in [4.78, 5) is 8.80. The summed E-state index contributed by atoms with van der Waals surface area (Å²) >= 11 is 0. The molecule has 0 atom stereocenters. The van der Waals surface area contributed by atoms with Crippen molar-refractivity contribution in [2.24, 2.45) is 4.99 Å². The molecule has 1 aliphatic rings. The van der Waals surface area contributed by atoms with Crippen LogP contribution in [0.5, 0.6) is 5.75 Å². The number of benzene rings is 2. The molecule has 4 rings (SSSR count). The molecule has 2 aromatic carbocycles. The van der Waals surface area contributed by atoms with E-state index in [9.17, 15) is 0 Å². The molecule has 0 radical (unpaired) electrons. The largest absolute Gasteiger partial charge is 0.497 e. The molecule has 0 amide bonds. The Morgan fingerprint density at radius 1 is 1.04 bits per heavy atom. The second-order valence-electron chi connectivity index (χ2n) is 6.02. The maximum atomic E-state index is 5.26. The second-order valence-corrected chi connectivity index (χ2v) is 6.02. The number of methoxy groups -OCH3 is 1. The van der Waals surface area contributed by atoms with Crippen LogP contribution in [0.25, 0.3) is 11.1 Å². The van der Waals surface area contributed by atoms with Crippen LogP contribution in [0.2, 0.25) is 0 Å². The van der Waals surface area contributed by atoms with Crippen molar-refractivity contribution in [1.29, 1.82) is 0 Å². The maximum Gasteiger partial charge on any atom is 0.119 e. The fourth-order valence-corrected chi connectivity index (χ4v) is 3.00. The Morgan fingerprint density at radius 2 is 1.92 bits per heavy atom. The van der Waals surface area contributed by atoms with E-state index in [1.165, 1.54) is 16.7 Å². The summed E-state index contributed by atoms with van der Waals surface area (Å²) in [7, 11) is 1.68. The predicted octanol–water partition coefficient (Wildman–Crippen LogP) is 4.32. The molecule has 25 heavy (non-hydrogen) atoms. The van der Waals surface area contributed by atoms with Crippen LogP contribution in [-0.4, -0.2) is 17.9 Å². The van der Waals surface area contributed by atoms with E-state index in [1.54, 1.807) is 7.11 Å². The lowest BCUT2D eigenvalue weighted by Gasteiger charge is -2.05. The van der Waals surface area contributed by atoms with Gasteiger partial charge < -0.3 is 10.1 Å². The maximum absolute atomic E-state index is 5.26. The zero-order valence-electron chi connectivity index (χ0n) is 14.1. The van der Waals surface area contributed by atoms with Gasteiger partial charge in [0.05, 0.1) is 13.7 Å². The highest BCUT2D eigenvalue weighted by atomic mass is 16.5. The summed E-state index contributed by atoms with van der Waals surface area (Å²) in [5.41, 5.74) is 5.91. The number of nitrogens with zero attached hydrogens (tertiary/aromatic N) is 2. The first kappa shape index (κ1) is 15.4. The van der Waals surface area contributed by atoms with Gasteiger partial charge in [-0.2, -0.15) is 0 Å². The van der Waals surface area contributed by atoms with Gasteiger partial charge in [-0.25, -0.2) is 0 Å². The van der Waals surface area contributed by atoms with Crippen molar-refractivity contribution in [2.45, 2.75) is 13.0 Å². The molecule has 0 bridgehead atoms. The van der Waals surface area contributed by atoms with Crippen LogP contribution >= 0.6 is 0 Å². The molecule has 4 heteroatoms. The average Bonchev–Trinajstić information content (AvgIpc) is 3.09. The minimum absolute atomic E-state index is 0.644. The first-order valence-electron chi connectivity index (χ1n) is 8.28. The number of ether oxygens (including phenoxy) is 1. The Labute approximate surface area is 147 Å². The molecule has 1 aliphatic heterocycles. The van der Waals surface area contributed by atoms with Crippen LogP contribution in [0.15, 0.2) is 72.0 Å². The van der Waals surface area contributed by atoms with E-state index < -0.39 is 0 Å². The molecule has 1 aromatic heterocycles. The van der Waals surface area contributed by atoms with Gasteiger partial charge in [-0.1, -0.05) is 24.3 Å².